The number of H-pyrrole nitrogens is 1. The Balaban J connectivity index is 1.38. The molecule has 0 spiro atoms. The number of carbonyl (C=O) groups excluding carboxylic acids is 1. The highest BCUT2D eigenvalue weighted by Gasteiger charge is 2.39. The predicted octanol–water partition coefficient (Wildman–Crippen LogP) is 4.40. The van der Waals surface area contributed by atoms with Crippen molar-refractivity contribution in [1.29, 1.82) is 5.26 Å². The van der Waals surface area contributed by atoms with Gasteiger partial charge in [-0.2, -0.15) is 5.26 Å². The fourth-order valence-corrected chi connectivity index (χ4v) is 4.75. The van der Waals surface area contributed by atoms with Gasteiger partial charge in [0, 0.05) is 35.8 Å². The molecule has 1 amide bonds. The van der Waals surface area contributed by atoms with Gasteiger partial charge in [-0.25, -0.2) is 4.98 Å². The highest BCUT2D eigenvalue weighted by molar-refractivity contribution is 5.98. The summed E-state index contributed by atoms with van der Waals surface area (Å²) in [6, 6.07) is 13.9. The summed E-state index contributed by atoms with van der Waals surface area (Å²) in [5, 5.41) is 8.99. The van der Waals surface area contributed by atoms with Crippen LogP contribution < -0.4 is 0 Å². The molecule has 3 aromatic rings. The second-order valence-corrected chi connectivity index (χ2v) is 9.74. The van der Waals surface area contributed by atoms with Crippen molar-refractivity contribution >= 4 is 5.91 Å². The number of benzene rings is 2. The van der Waals surface area contributed by atoms with Crippen LogP contribution in [0.5, 0.6) is 0 Å². The van der Waals surface area contributed by atoms with E-state index in [2.05, 4.69) is 31.0 Å². The summed E-state index contributed by atoms with van der Waals surface area (Å²) >= 11 is 0. The Labute approximate surface area is 194 Å². The van der Waals surface area contributed by atoms with Gasteiger partial charge >= 0.3 is 0 Å². The van der Waals surface area contributed by atoms with Gasteiger partial charge in [0.25, 0.3) is 5.91 Å². The zero-order chi connectivity index (χ0) is 23.3. The lowest BCUT2D eigenvalue weighted by atomic mass is 9.88. The lowest BCUT2D eigenvalue weighted by Gasteiger charge is -2.40. The van der Waals surface area contributed by atoms with Crippen molar-refractivity contribution in [2.75, 3.05) is 26.3 Å². The Morgan fingerprint density at radius 2 is 1.85 bits per heavy atom. The summed E-state index contributed by atoms with van der Waals surface area (Å²) in [5.74, 6) is 1.32. The number of imidazole rings is 1. The third-order valence-electron chi connectivity index (χ3n) is 7.03. The Morgan fingerprint density at radius 1 is 1.15 bits per heavy atom. The number of hydrogen-bond donors (Lipinski definition) is 1. The first-order chi connectivity index (χ1) is 15.8. The normalized spacial score (nSPS) is 17.2. The fraction of sp³-hybridized carbons (Fsp3) is 0.370. The van der Waals surface area contributed by atoms with Gasteiger partial charge in [0.05, 0.1) is 36.0 Å². The van der Waals surface area contributed by atoms with E-state index in [0.29, 0.717) is 37.8 Å². The molecule has 2 aliphatic rings. The predicted molar refractivity (Wildman–Crippen MR) is 126 cm³/mol. The molecular weight excluding hydrogens is 412 g/mol. The topological polar surface area (TPSA) is 82.0 Å². The molecule has 2 saturated heterocycles. The van der Waals surface area contributed by atoms with Crippen molar-refractivity contribution in [3.63, 3.8) is 0 Å². The van der Waals surface area contributed by atoms with E-state index in [1.54, 1.807) is 0 Å². The van der Waals surface area contributed by atoms with Crippen molar-refractivity contribution in [2.45, 2.75) is 39.0 Å². The minimum atomic E-state index is -0.0711. The summed E-state index contributed by atoms with van der Waals surface area (Å²) < 4.78 is 5.41. The first-order valence-electron chi connectivity index (χ1n) is 11.3. The van der Waals surface area contributed by atoms with Crippen molar-refractivity contribution in [3.05, 3.63) is 75.7 Å². The van der Waals surface area contributed by atoms with Crippen LogP contribution in [0.25, 0.3) is 11.3 Å². The zero-order valence-corrected chi connectivity index (χ0v) is 19.5. The first kappa shape index (κ1) is 21.4. The van der Waals surface area contributed by atoms with Crippen LogP contribution in [0.15, 0.2) is 36.4 Å². The van der Waals surface area contributed by atoms with Crippen molar-refractivity contribution in [2.24, 2.45) is 0 Å². The minimum Gasteiger partial charge on any atom is -0.379 e. The summed E-state index contributed by atoms with van der Waals surface area (Å²) in [7, 11) is 0. The molecule has 0 bridgehead atoms. The molecule has 168 valence electrons. The molecule has 3 heterocycles. The second-order valence-electron chi connectivity index (χ2n) is 9.74. The number of hydrogen-bond acceptors (Lipinski definition) is 4. The molecule has 2 aliphatic heterocycles. The van der Waals surface area contributed by atoms with Gasteiger partial charge in [0.2, 0.25) is 0 Å². The number of aryl methyl sites for hydroxylation is 3. The van der Waals surface area contributed by atoms with Crippen LogP contribution in [-0.4, -0.2) is 47.1 Å². The van der Waals surface area contributed by atoms with Gasteiger partial charge in [-0.05, 0) is 62.6 Å². The number of rotatable bonds is 4. The van der Waals surface area contributed by atoms with E-state index >= 15 is 0 Å². The monoisotopic (exact) mass is 440 g/mol. The van der Waals surface area contributed by atoms with Gasteiger partial charge in [-0.15, -0.1) is 0 Å². The van der Waals surface area contributed by atoms with E-state index < -0.39 is 0 Å². The largest absolute Gasteiger partial charge is 0.379 e. The Hall–Kier alpha value is -3.43. The van der Waals surface area contributed by atoms with Crippen LogP contribution in [0.4, 0.5) is 0 Å². The fourth-order valence-electron chi connectivity index (χ4n) is 4.75. The maximum Gasteiger partial charge on any atom is 0.254 e. The molecule has 6 heteroatoms. The van der Waals surface area contributed by atoms with E-state index in [4.69, 9.17) is 15.0 Å². The summed E-state index contributed by atoms with van der Waals surface area (Å²) in [5.41, 5.74) is 7.50. The van der Waals surface area contributed by atoms with E-state index in [1.165, 1.54) is 5.56 Å². The van der Waals surface area contributed by atoms with Gasteiger partial charge in [0.1, 0.15) is 5.82 Å². The molecule has 0 unspecified atom stereocenters. The maximum atomic E-state index is 13.4. The second kappa shape index (κ2) is 7.86. The number of carbonyl (C=O) groups is 1. The van der Waals surface area contributed by atoms with Crippen molar-refractivity contribution in [1.82, 2.24) is 14.9 Å². The smallest absolute Gasteiger partial charge is 0.254 e. The number of nitrogens with zero attached hydrogens (tertiary/aromatic N) is 3. The molecule has 1 aromatic heterocycles. The molecule has 2 aromatic carbocycles. The number of aromatic amines is 1. The highest BCUT2D eigenvalue weighted by Crippen LogP contribution is 2.35. The van der Waals surface area contributed by atoms with Crippen molar-refractivity contribution < 1.29 is 9.53 Å². The third kappa shape index (κ3) is 3.63. The average molecular weight is 441 g/mol. The SMILES string of the molecule is Cc1cc(C)c(-c2nc(C3(C)COC3)[nH]c2C)cc1C(=O)N1CC(c2ccc(C#N)cc2)C1. The zero-order valence-electron chi connectivity index (χ0n) is 19.5. The van der Waals surface area contributed by atoms with E-state index in [0.717, 1.165) is 39.5 Å². The van der Waals surface area contributed by atoms with E-state index in [9.17, 15) is 4.79 Å². The molecule has 6 nitrogen and oxygen atoms in total. The van der Waals surface area contributed by atoms with Crippen LogP contribution in [-0.2, 0) is 10.2 Å². The molecule has 33 heavy (non-hydrogen) atoms. The quantitative estimate of drug-likeness (QED) is 0.652. The van der Waals surface area contributed by atoms with E-state index in [-0.39, 0.29) is 11.3 Å². The standard InChI is InChI=1S/C27H28N4O2/c1-16-9-17(2)23(10-22(16)24-18(3)29-26(30-24)27(4)14-33-15-27)25(32)31-12-21(13-31)20-7-5-19(11-28)6-8-20/h5-10,21H,12-15H2,1-4H3,(H,29,30). The van der Waals surface area contributed by atoms with Gasteiger partial charge in [-0.1, -0.05) is 18.2 Å². The Bertz CT molecular complexity index is 1270. The number of nitrogens with one attached hydrogen (secondary N) is 1. The maximum absolute atomic E-state index is 13.4. The van der Waals surface area contributed by atoms with Crippen LogP contribution >= 0.6 is 0 Å². The molecule has 5 rings (SSSR count). The van der Waals surface area contributed by atoms with Gasteiger partial charge in [-0.3, -0.25) is 4.79 Å². The lowest BCUT2D eigenvalue weighted by molar-refractivity contribution is -0.0539. The lowest BCUT2D eigenvalue weighted by Crippen LogP contribution is -2.48. The number of nitriles is 1. The summed E-state index contributed by atoms with van der Waals surface area (Å²) in [4.78, 5) is 23.6. The molecular formula is C27H28N4O2. The Morgan fingerprint density at radius 3 is 2.45 bits per heavy atom. The Kier molecular flexibility index (Phi) is 5.10. The van der Waals surface area contributed by atoms with Crippen LogP contribution in [0.1, 0.15) is 57.0 Å². The molecule has 0 radical (unpaired) electrons. The minimum absolute atomic E-state index is 0.0615. The third-order valence-corrected chi connectivity index (χ3v) is 7.03. The summed E-state index contributed by atoms with van der Waals surface area (Å²) in [6.07, 6.45) is 0. The molecule has 0 atom stereocenters. The number of amides is 1. The molecule has 1 N–H and O–H groups in total. The molecule has 0 aliphatic carbocycles. The number of aromatic nitrogens is 2. The van der Waals surface area contributed by atoms with Crippen LogP contribution in [0.2, 0.25) is 0 Å². The summed E-state index contributed by atoms with van der Waals surface area (Å²) in [6.45, 7) is 11.0. The van der Waals surface area contributed by atoms with Crippen LogP contribution in [0.3, 0.4) is 0 Å². The number of likely N-dealkylation sites (tertiary alicyclic amines) is 1. The van der Waals surface area contributed by atoms with Crippen molar-refractivity contribution in [3.8, 4) is 17.3 Å². The van der Waals surface area contributed by atoms with E-state index in [1.807, 2.05) is 49.1 Å². The van der Waals surface area contributed by atoms with Crippen LogP contribution in [0, 0.1) is 32.1 Å². The van der Waals surface area contributed by atoms with Gasteiger partial charge < -0.3 is 14.6 Å². The first-order valence-corrected chi connectivity index (χ1v) is 11.3. The molecule has 2 fully saturated rings. The molecule has 0 saturated carbocycles. The number of ether oxygens (including phenoxy) is 1. The average Bonchev–Trinajstić information content (AvgIpc) is 3.13. The van der Waals surface area contributed by atoms with Gasteiger partial charge in [0.15, 0.2) is 0 Å². The highest BCUT2D eigenvalue weighted by atomic mass is 16.5.